The Hall–Kier alpha value is -2.60. The number of hydrogen-bond donors (Lipinski definition) is 0. The van der Waals surface area contributed by atoms with Crippen LogP contribution in [0, 0.1) is 0 Å². The molecule has 1 fully saturated rings. The lowest BCUT2D eigenvalue weighted by Crippen LogP contribution is -2.48. The molecule has 1 amide bonds. The minimum Gasteiger partial charge on any atom is -0.494 e. The highest BCUT2D eigenvalue weighted by Crippen LogP contribution is 2.33. The van der Waals surface area contributed by atoms with Gasteiger partial charge in [-0.3, -0.25) is 4.79 Å². The Labute approximate surface area is 188 Å². The van der Waals surface area contributed by atoms with Gasteiger partial charge in [-0.15, -0.1) is 0 Å². The van der Waals surface area contributed by atoms with E-state index in [4.69, 9.17) is 9.72 Å². The molecule has 2 aromatic carbocycles. The maximum absolute atomic E-state index is 12.9. The topological polar surface area (TPSA) is 45.7 Å². The van der Waals surface area contributed by atoms with Crippen molar-refractivity contribution in [1.29, 1.82) is 0 Å². The minimum absolute atomic E-state index is 0.0890. The van der Waals surface area contributed by atoms with Crippen molar-refractivity contribution in [3.63, 3.8) is 0 Å². The van der Waals surface area contributed by atoms with Gasteiger partial charge in [-0.2, -0.15) is 0 Å². The number of ether oxygens (including phenoxy) is 1. The van der Waals surface area contributed by atoms with Gasteiger partial charge >= 0.3 is 0 Å². The molecule has 1 aromatic heterocycles. The monoisotopic (exact) mass is 437 g/mol. The number of nitrogens with zero attached hydrogens (tertiary/aromatic N) is 3. The van der Waals surface area contributed by atoms with Crippen LogP contribution in [0.2, 0.25) is 0 Å². The number of unbranched alkanes of at least 4 members (excludes halogenated alkanes) is 1. The maximum atomic E-state index is 12.9. The van der Waals surface area contributed by atoms with Crippen molar-refractivity contribution in [3.8, 4) is 5.75 Å². The van der Waals surface area contributed by atoms with Crippen LogP contribution in [-0.4, -0.2) is 48.6 Å². The van der Waals surface area contributed by atoms with E-state index in [0.717, 1.165) is 54.5 Å². The molecule has 0 bridgehead atoms. The van der Waals surface area contributed by atoms with E-state index in [1.807, 2.05) is 29.2 Å². The molecule has 1 saturated heterocycles. The van der Waals surface area contributed by atoms with Crippen molar-refractivity contribution in [3.05, 3.63) is 53.6 Å². The summed E-state index contributed by atoms with van der Waals surface area (Å²) in [5.74, 6) is 1.37. The van der Waals surface area contributed by atoms with E-state index < -0.39 is 0 Å². The number of benzene rings is 2. The Balaban J connectivity index is 1.38. The van der Waals surface area contributed by atoms with Gasteiger partial charge in [0.2, 0.25) is 0 Å². The van der Waals surface area contributed by atoms with Gasteiger partial charge in [0.15, 0.2) is 5.13 Å². The van der Waals surface area contributed by atoms with Gasteiger partial charge in [-0.1, -0.05) is 50.7 Å². The molecule has 5 nitrogen and oxygen atoms in total. The lowest BCUT2D eigenvalue weighted by molar-refractivity contribution is 0.0746. The number of carbonyl (C=O) groups is 1. The van der Waals surface area contributed by atoms with Crippen molar-refractivity contribution in [2.75, 3.05) is 37.7 Å². The first-order valence-corrected chi connectivity index (χ1v) is 12.0. The molecule has 0 unspecified atom stereocenters. The fraction of sp³-hybridized carbons (Fsp3) is 0.440. The van der Waals surface area contributed by atoms with Gasteiger partial charge < -0.3 is 14.5 Å². The number of rotatable bonds is 7. The van der Waals surface area contributed by atoms with E-state index in [1.54, 1.807) is 11.3 Å². The third kappa shape index (κ3) is 4.85. The highest BCUT2D eigenvalue weighted by atomic mass is 32.1. The van der Waals surface area contributed by atoms with Gasteiger partial charge in [0.1, 0.15) is 5.75 Å². The molecule has 1 aliphatic heterocycles. The van der Waals surface area contributed by atoms with Crippen LogP contribution in [0.1, 0.15) is 55.5 Å². The molecule has 1 aliphatic rings. The standard InChI is InChI=1S/C25H31N3O2S/c1-4-5-17-30-20-11-9-19(10-12-20)24(29)27-13-15-28(16-14-27)25-26-23-21(18(2)3)7-6-8-22(23)31-25/h6-12,18H,4-5,13-17H2,1-3H3. The Morgan fingerprint density at radius 3 is 2.52 bits per heavy atom. The number of para-hydroxylation sites is 1. The molecule has 0 radical (unpaired) electrons. The molecular weight excluding hydrogens is 406 g/mol. The summed E-state index contributed by atoms with van der Waals surface area (Å²) in [7, 11) is 0. The van der Waals surface area contributed by atoms with Crippen molar-refractivity contribution >= 4 is 32.6 Å². The normalized spacial score (nSPS) is 14.5. The van der Waals surface area contributed by atoms with E-state index in [0.29, 0.717) is 19.0 Å². The Bertz CT molecular complexity index is 1020. The highest BCUT2D eigenvalue weighted by molar-refractivity contribution is 7.22. The molecular formula is C25H31N3O2S. The number of carbonyl (C=O) groups excluding carboxylic acids is 1. The Kier molecular flexibility index (Phi) is 6.76. The maximum Gasteiger partial charge on any atom is 0.253 e. The second-order valence-corrected chi connectivity index (χ2v) is 9.36. The van der Waals surface area contributed by atoms with E-state index in [-0.39, 0.29) is 5.91 Å². The zero-order valence-corrected chi connectivity index (χ0v) is 19.5. The van der Waals surface area contributed by atoms with Gasteiger partial charge in [-0.05, 0) is 48.2 Å². The van der Waals surface area contributed by atoms with Crippen LogP contribution in [0.3, 0.4) is 0 Å². The highest BCUT2D eigenvalue weighted by Gasteiger charge is 2.24. The Morgan fingerprint density at radius 1 is 1.10 bits per heavy atom. The third-order valence-electron chi connectivity index (χ3n) is 5.77. The van der Waals surface area contributed by atoms with Gasteiger partial charge in [0.05, 0.1) is 16.8 Å². The summed E-state index contributed by atoms with van der Waals surface area (Å²) in [6.45, 7) is 10.3. The lowest BCUT2D eigenvalue weighted by atomic mass is 10.0. The number of amides is 1. The fourth-order valence-electron chi connectivity index (χ4n) is 3.87. The summed E-state index contributed by atoms with van der Waals surface area (Å²) in [5, 5.41) is 1.06. The summed E-state index contributed by atoms with van der Waals surface area (Å²) in [4.78, 5) is 22.1. The van der Waals surface area contributed by atoms with Gasteiger partial charge in [0, 0.05) is 31.7 Å². The molecule has 2 heterocycles. The molecule has 0 spiro atoms. The second-order valence-electron chi connectivity index (χ2n) is 8.35. The van der Waals surface area contributed by atoms with Crippen molar-refractivity contribution < 1.29 is 9.53 Å². The number of piperazine rings is 1. The third-order valence-corrected chi connectivity index (χ3v) is 6.85. The SMILES string of the molecule is CCCCOc1ccc(C(=O)N2CCN(c3nc4c(C(C)C)cccc4s3)CC2)cc1. The minimum atomic E-state index is 0.0890. The van der Waals surface area contributed by atoms with Crippen LogP contribution in [0.4, 0.5) is 5.13 Å². The largest absolute Gasteiger partial charge is 0.494 e. The number of hydrogen-bond acceptors (Lipinski definition) is 5. The van der Waals surface area contributed by atoms with Crippen LogP contribution in [-0.2, 0) is 0 Å². The quantitative estimate of drug-likeness (QED) is 0.454. The van der Waals surface area contributed by atoms with Crippen molar-refractivity contribution in [2.45, 2.75) is 39.5 Å². The fourth-order valence-corrected chi connectivity index (χ4v) is 4.92. The molecule has 0 atom stereocenters. The number of anilines is 1. The average Bonchev–Trinajstić information content (AvgIpc) is 3.24. The smallest absolute Gasteiger partial charge is 0.253 e. The van der Waals surface area contributed by atoms with Crippen molar-refractivity contribution in [1.82, 2.24) is 9.88 Å². The summed E-state index contributed by atoms with van der Waals surface area (Å²) in [5.41, 5.74) is 3.14. The molecule has 164 valence electrons. The summed E-state index contributed by atoms with van der Waals surface area (Å²) in [6.07, 6.45) is 2.15. The summed E-state index contributed by atoms with van der Waals surface area (Å²) < 4.78 is 6.94. The predicted molar refractivity (Wildman–Crippen MR) is 129 cm³/mol. The first-order valence-electron chi connectivity index (χ1n) is 11.2. The van der Waals surface area contributed by atoms with Gasteiger partial charge in [-0.25, -0.2) is 4.98 Å². The summed E-state index contributed by atoms with van der Waals surface area (Å²) in [6, 6.07) is 14.0. The van der Waals surface area contributed by atoms with E-state index >= 15 is 0 Å². The average molecular weight is 438 g/mol. The molecule has 31 heavy (non-hydrogen) atoms. The lowest BCUT2D eigenvalue weighted by Gasteiger charge is -2.34. The number of thiazole rings is 1. The molecule has 0 N–H and O–H groups in total. The van der Waals surface area contributed by atoms with E-state index in [9.17, 15) is 4.79 Å². The molecule has 0 aliphatic carbocycles. The van der Waals surface area contributed by atoms with Crippen molar-refractivity contribution in [2.24, 2.45) is 0 Å². The molecule has 0 saturated carbocycles. The first-order chi connectivity index (χ1) is 15.1. The zero-order chi connectivity index (χ0) is 21.8. The second kappa shape index (κ2) is 9.69. The molecule has 3 aromatic rings. The van der Waals surface area contributed by atoms with E-state index in [1.165, 1.54) is 10.3 Å². The molecule has 4 rings (SSSR count). The Morgan fingerprint density at radius 2 is 1.84 bits per heavy atom. The predicted octanol–water partition coefficient (Wildman–Crippen LogP) is 5.56. The van der Waals surface area contributed by atoms with Gasteiger partial charge in [0.25, 0.3) is 5.91 Å². The van der Waals surface area contributed by atoms with E-state index in [2.05, 4.69) is 43.9 Å². The summed E-state index contributed by atoms with van der Waals surface area (Å²) >= 11 is 1.75. The van der Waals surface area contributed by atoms with Crippen LogP contribution >= 0.6 is 11.3 Å². The first kappa shape index (κ1) is 21.6. The number of fused-ring (bicyclic) bond motifs is 1. The van der Waals surface area contributed by atoms with Crippen LogP contribution in [0.25, 0.3) is 10.2 Å². The van der Waals surface area contributed by atoms with Crippen LogP contribution < -0.4 is 9.64 Å². The zero-order valence-electron chi connectivity index (χ0n) is 18.6. The molecule has 6 heteroatoms. The van der Waals surface area contributed by atoms with Crippen LogP contribution in [0.15, 0.2) is 42.5 Å². The number of aromatic nitrogens is 1. The van der Waals surface area contributed by atoms with Crippen LogP contribution in [0.5, 0.6) is 5.75 Å².